The zero-order valence-electron chi connectivity index (χ0n) is 17.8. The van der Waals surface area contributed by atoms with Crippen molar-refractivity contribution in [3.8, 4) is 0 Å². The van der Waals surface area contributed by atoms with Crippen molar-refractivity contribution < 1.29 is 19.5 Å². The Morgan fingerprint density at radius 1 is 0.818 bits per heavy atom. The van der Waals surface area contributed by atoms with Crippen molar-refractivity contribution in [2.75, 3.05) is 6.54 Å². The molecule has 33 heavy (non-hydrogen) atoms. The van der Waals surface area contributed by atoms with Crippen LogP contribution in [-0.4, -0.2) is 51.5 Å². The Hall–Kier alpha value is -4.11. The van der Waals surface area contributed by atoms with Gasteiger partial charge in [0.15, 0.2) is 0 Å². The van der Waals surface area contributed by atoms with E-state index in [1.165, 1.54) is 0 Å². The molecule has 0 saturated heterocycles. The van der Waals surface area contributed by atoms with Crippen LogP contribution in [0.4, 0.5) is 0 Å². The standard InChI is InChI=1S/C24H25N5O4/c25-11-22(30)28-20(9-14-12-26-18-7-3-1-5-16(14)18)23(31)29-21(24(32)33)10-15-13-27-19-8-4-2-6-17(15)19/h1-8,12-13,20-21,26-27H,9-11,25H2,(H,28,30)(H,29,31)(H,32,33)/t20-,21-/m0/s1. The number of carboxylic acids is 1. The molecular weight excluding hydrogens is 422 g/mol. The number of aliphatic carboxylic acids is 1. The van der Waals surface area contributed by atoms with Crippen molar-refractivity contribution in [2.45, 2.75) is 24.9 Å². The highest BCUT2D eigenvalue weighted by Crippen LogP contribution is 2.21. The Bertz CT molecular complexity index is 1310. The largest absolute Gasteiger partial charge is 0.480 e. The summed E-state index contributed by atoms with van der Waals surface area (Å²) in [6.07, 6.45) is 3.79. The van der Waals surface area contributed by atoms with Gasteiger partial charge in [-0.05, 0) is 23.3 Å². The second kappa shape index (κ2) is 9.58. The summed E-state index contributed by atoms with van der Waals surface area (Å²) in [7, 11) is 0. The van der Waals surface area contributed by atoms with Crippen molar-refractivity contribution in [1.29, 1.82) is 0 Å². The van der Waals surface area contributed by atoms with Crippen LogP contribution < -0.4 is 16.4 Å². The van der Waals surface area contributed by atoms with E-state index >= 15 is 0 Å². The summed E-state index contributed by atoms with van der Waals surface area (Å²) in [4.78, 5) is 43.3. The number of amides is 2. The molecule has 2 atom stereocenters. The third-order valence-electron chi connectivity index (χ3n) is 5.65. The molecule has 4 aromatic rings. The molecule has 170 valence electrons. The average Bonchev–Trinajstić information content (AvgIpc) is 3.42. The molecule has 0 spiro atoms. The van der Waals surface area contributed by atoms with Crippen LogP contribution in [0.15, 0.2) is 60.9 Å². The van der Waals surface area contributed by atoms with E-state index in [0.717, 1.165) is 32.9 Å². The van der Waals surface area contributed by atoms with E-state index in [9.17, 15) is 19.5 Å². The van der Waals surface area contributed by atoms with Crippen molar-refractivity contribution in [1.82, 2.24) is 20.6 Å². The van der Waals surface area contributed by atoms with Crippen LogP contribution in [-0.2, 0) is 27.2 Å². The number of carbonyl (C=O) groups is 3. The van der Waals surface area contributed by atoms with Gasteiger partial charge in [0.25, 0.3) is 0 Å². The average molecular weight is 447 g/mol. The molecule has 2 aromatic carbocycles. The number of rotatable bonds is 9. The second-order valence-electron chi connectivity index (χ2n) is 7.85. The summed E-state index contributed by atoms with van der Waals surface area (Å²) in [5.41, 5.74) is 8.82. The Morgan fingerprint density at radius 3 is 1.85 bits per heavy atom. The maximum absolute atomic E-state index is 13.1. The van der Waals surface area contributed by atoms with E-state index in [1.54, 1.807) is 12.4 Å². The summed E-state index contributed by atoms with van der Waals surface area (Å²) in [5.74, 6) is -2.25. The number of benzene rings is 2. The van der Waals surface area contributed by atoms with Crippen LogP contribution in [0.2, 0.25) is 0 Å². The number of H-pyrrole nitrogens is 2. The lowest BCUT2D eigenvalue weighted by Gasteiger charge is -2.21. The van der Waals surface area contributed by atoms with Gasteiger partial charge in [-0.25, -0.2) is 4.79 Å². The van der Waals surface area contributed by atoms with Gasteiger partial charge in [-0.2, -0.15) is 0 Å². The Kier molecular flexibility index (Phi) is 6.41. The van der Waals surface area contributed by atoms with Gasteiger partial charge in [0.05, 0.1) is 6.54 Å². The van der Waals surface area contributed by atoms with E-state index < -0.39 is 29.9 Å². The molecule has 0 saturated carbocycles. The third kappa shape index (κ3) is 4.88. The molecule has 7 N–H and O–H groups in total. The van der Waals surface area contributed by atoms with Crippen LogP contribution in [0.3, 0.4) is 0 Å². The first kappa shape index (κ1) is 22.1. The number of para-hydroxylation sites is 2. The maximum atomic E-state index is 13.1. The molecule has 0 fully saturated rings. The first-order valence-corrected chi connectivity index (χ1v) is 10.6. The SMILES string of the molecule is NCC(=O)N[C@@H](Cc1c[nH]c2ccccc12)C(=O)N[C@@H](Cc1c[nH]c2ccccc12)C(=O)O. The van der Waals surface area contributed by atoms with Gasteiger partial charge in [0.1, 0.15) is 12.1 Å². The fourth-order valence-electron chi connectivity index (χ4n) is 3.98. The van der Waals surface area contributed by atoms with Gasteiger partial charge >= 0.3 is 5.97 Å². The zero-order valence-corrected chi connectivity index (χ0v) is 17.8. The smallest absolute Gasteiger partial charge is 0.326 e. The number of carbonyl (C=O) groups excluding carboxylic acids is 2. The number of fused-ring (bicyclic) bond motifs is 2. The van der Waals surface area contributed by atoms with Gasteiger partial charge in [-0.3, -0.25) is 9.59 Å². The summed E-state index contributed by atoms with van der Waals surface area (Å²) >= 11 is 0. The number of hydrogen-bond acceptors (Lipinski definition) is 4. The number of nitrogens with two attached hydrogens (primary N) is 1. The van der Waals surface area contributed by atoms with Crippen LogP contribution >= 0.6 is 0 Å². The third-order valence-corrected chi connectivity index (χ3v) is 5.65. The van der Waals surface area contributed by atoms with Crippen molar-refractivity contribution in [3.05, 3.63) is 72.1 Å². The quantitative estimate of drug-likeness (QED) is 0.229. The predicted octanol–water partition coefficient (Wildman–Crippen LogP) is 1.45. The minimum atomic E-state index is -1.17. The van der Waals surface area contributed by atoms with Crippen molar-refractivity contribution >= 4 is 39.6 Å². The molecule has 0 bridgehead atoms. The number of aromatic nitrogens is 2. The highest BCUT2D eigenvalue weighted by molar-refractivity contribution is 5.92. The monoisotopic (exact) mass is 447 g/mol. The lowest BCUT2D eigenvalue weighted by Crippen LogP contribution is -2.53. The summed E-state index contributed by atoms with van der Waals surface area (Å²) in [6.45, 7) is -0.282. The normalized spacial score (nSPS) is 13.0. The lowest BCUT2D eigenvalue weighted by molar-refractivity contribution is -0.142. The van der Waals surface area contributed by atoms with Gasteiger partial charge < -0.3 is 31.4 Å². The Balaban J connectivity index is 1.54. The topological polar surface area (TPSA) is 153 Å². The van der Waals surface area contributed by atoms with Crippen molar-refractivity contribution in [2.24, 2.45) is 5.73 Å². The van der Waals surface area contributed by atoms with Crippen LogP contribution in [0, 0.1) is 0 Å². The Morgan fingerprint density at radius 2 is 1.33 bits per heavy atom. The molecule has 9 nitrogen and oxygen atoms in total. The fourth-order valence-corrected chi connectivity index (χ4v) is 3.98. The van der Waals surface area contributed by atoms with E-state index in [0.29, 0.717) is 0 Å². The predicted molar refractivity (Wildman–Crippen MR) is 125 cm³/mol. The number of nitrogens with one attached hydrogen (secondary N) is 4. The highest BCUT2D eigenvalue weighted by Gasteiger charge is 2.28. The summed E-state index contributed by atoms with van der Waals surface area (Å²) in [6, 6.07) is 13.0. The minimum Gasteiger partial charge on any atom is -0.480 e. The van der Waals surface area contributed by atoms with Crippen molar-refractivity contribution in [3.63, 3.8) is 0 Å². The molecule has 0 unspecified atom stereocenters. The van der Waals surface area contributed by atoms with E-state index in [-0.39, 0.29) is 19.4 Å². The molecule has 0 aliphatic heterocycles. The van der Waals surface area contributed by atoms with E-state index in [4.69, 9.17) is 5.73 Å². The molecule has 0 radical (unpaired) electrons. The summed E-state index contributed by atoms with van der Waals surface area (Å²) in [5, 5.41) is 16.8. The molecule has 2 amide bonds. The number of carboxylic acid groups (broad SMARTS) is 1. The number of hydrogen-bond donors (Lipinski definition) is 6. The second-order valence-corrected chi connectivity index (χ2v) is 7.85. The van der Waals surface area contributed by atoms with Gasteiger partial charge in [-0.15, -0.1) is 0 Å². The molecule has 4 rings (SSSR count). The fraction of sp³-hybridized carbons (Fsp3) is 0.208. The van der Waals surface area contributed by atoms with Crippen LogP contribution in [0.5, 0.6) is 0 Å². The summed E-state index contributed by atoms with van der Waals surface area (Å²) < 4.78 is 0. The van der Waals surface area contributed by atoms with Gasteiger partial charge in [0.2, 0.25) is 11.8 Å². The van der Waals surface area contributed by atoms with E-state index in [1.807, 2.05) is 48.5 Å². The minimum absolute atomic E-state index is 0.0930. The van der Waals surface area contributed by atoms with Crippen LogP contribution in [0.25, 0.3) is 21.8 Å². The lowest BCUT2D eigenvalue weighted by atomic mass is 10.0. The van der Waals surface area contributed by atoms with Crippen LogP contribution in [0.1, 0.15) is 11.1 Å². The van der Waals surface area contributed by atoms with E-state index in [2.05, 4.69) is 20.6 Å². The molecular formula is C24H25N5O4. The first-order valence-electron chi connectivity index (χ1n) is 10.6. The van der Waals surface area contributed by atoms with Gasteiger partial charge in [0, 0.05) is 47.0 Å². The zero-order chi connectivity index (χ0) is 23.4. The molecule has 0 aliphatic rings. The molecule has 9 heteroatoms. The molecule has 2 aromatic heterocycles. The highest BCUT2D eigenvalue weighted by atomic mass is 16.4. The molecule has 2 heterocycles. The van der Waals surface area contributed by atoms with Gasteiger partial charge in [-0.1, -0.05) is 36.4 Å². The first-order chi connectivity index (χ1) is 16.0. The molecule has 0 aliphatic carbocycles. The maximum Gasteiger partial charge on any atom is 0.326 e. The Labute approximate surface area is 189 Å². The number of aromatic amines is 2.